The van der Waals surface area contributed by atoms with Crippen LogP contribution in [-0.4, -0.2) is 19.1 Å². The molecule has 0 radical (unpaired) electrons. The van der Waals surface area contributed by atoms with Gasteiger partial charge < -0.3 is 10.2 Å². The van der Waals surface area contributed by atoms with Gasteiger partial charge in [0.05, 0.1) is 0 Å². The fraction of sp³-hybridized carbons (Fsp3) is 0.571. The van der Waals surface area contributed by atoms with Crippen LogP contribution < -0.4 is 10.2 Å². The van der Waals surface area contributed by atoms with Crippen LogP contribution in [0.25, 0.3) is 0 Å². The minimum absolute atomic E-state index is 0.750. The molecule has 3 heteroatoms. The summed E-state index contributed by atoms with van der Waals surface area (Å²) in [5.74, 6) is 0. The Bertz CT molecular complexity index is 395. The second-order valence-corrected chi connectivity index (χ2v) is 5.56. The van der Waals surface area contributed by atoms with E-state index in [1.165, 1.54) is 50.0 Å². The number of benzene rings is 1. The van der Waals surface area contributed by atoms with Crippen molar-refractivity contribution in [3.05, 3.63) is 28.8 Å². The maximum absolute atomic E-state index is 6.11. The molecule has 0 aromatic heterocycles. The van der Waals surface area contributed by atoms with Gasteiger partial charge in [-0.2, -0.15) is 0 Å². The van der Waals surface area contributed by atoms with Gasteiger partial charge in [-0.15, -0.1) is 0 Å². The molecule has 3 rings (SSSR count). The van der Waals surface area contributed by atoms with Gasteiger partial charge in [0.25, 0.3) is 0 Å². The summed E-state index contributed by atoms with van der Waals surface area (Å²) >= 11 is 6.11. The number of nitrogens with one attached hydrogen (secondary N) is 1. The first-order valence-electron chi connectivity index (χ1n) is 6.60. The van der Waals surface area contributed by atoms with Gasteiger partial charge in [0.1, 0.15) is 0 Å². The van der Waals surface area contributed by atoms with E-state index < -0.39 is 0 Å². The topological polar surface area (TPSA) is 15.3 Å². The molecule has 1 aliphatic heterocycles. The van der Waals surface area contributed by atoms with Crippen LogP contribution in [0, 0.1) is 0 Å². The smallest absolute Gasteiger partial charge is 0.0412 e. The van der Waals surface area contributed by atoms with Gasteiger partial charge in [0, 0.05) is 36.4 Å². The third-order valence-corrected chi connectivity index (χ3v) is 3.88. The van der Waals surface area contributed by atoms with E-state index in [9.17, 15) is 0 Å². The fourth-order valence-electron chi connectivity index (χ4n) is 2.50. The highest BCUT2D eigenvalue weighted by atomic mass is 35.5. The first-order chi connectivity index (χ1) is 8.33. The van der Waals surface area contributed by atoms with E-state index in [2.05, 4.69) is 22.3 Å². The zero-order chi connectivity index (χ0) is 11.7. The lowest BCUT2D eigenvalue weighted by molar-refractivity contribution is 0.686. The summed E-state index contributed by atoms with van der Waals surface area (Å²) in [5, 5.41) is 4.43. The minimum Gasteiger partial charge on any atom is -0.371 e. The second kappa shape index (κ2) is 4.87. The van der Waals surface area contributed by atoms with Gasteiger partial charge in [-0.1, -0.05) is 11.6 Å². The summed E-state index contributed by atoms with van der Waals surface area (Å²) in [6, 6.07) is 7.05. The third kappa shape index (κ3) is 2.75. The van der Waals surface area contributed by atoms with Crippen LogP contribution >= 0.6 is 11.6 Å². The molecule has 2 fully saturated rings. The average Bonchev–Trinajstić information content (AvgIpc) is 3.00. The Hall–Kier alpha value is -0.730. The first kappa shape index (κ1) is 11.4. The Morgan fingerprint density at radius 1 is 1.24 bits per heavy atom. The lowest BCUT2D eigenvalue weighted by atomic mass is 10.1. The number of anilines is 1. The maximum Gasteiger partial charge on any atom is 0.0412 e. The summed E-state index contributed by atoms with van der Waals surface area (Å²) in [6.07, 6.45) is 5.30. The van der Waals surface area contributed by atoms with Crippen LogP contribution in [0.5, 0.6) is 0 Å². The highest BCUT2D eigenvalue weighted by Gasteiger charge is 2.21. The third-order valence-electron chi connectivity index (χ3n) is 3.65. The highest BCUT2D eigenvalue weighted by molar-refractivity contribution is 6.30. The Morgan fingerprint density at radius 2 is 2.00 bits per heavy atom. The number of hydrogen-bond donors (Lipinski definition) is 1. The normalized spacial score (nSPS) is 19.9. The lowest BCUT2D eigenvalue weighted by Crippen LogP contribution is -2.22. The largest absolute Gasteiger partial charge is 0.371 e. The molecule has 1 aromatic carbocycles. The lowest BCUT2D eigenvalue weighted by Gasteiger charge is -2.22. The summed E-state index contributed by atoms with van der Waals surface area (Å²) < 4.78 is 0. The van der Waals surface area contributed by atoms with Crippen LogP contribution in [0.2, 0.25) is 5.02 Å². The molecule has 17 heavy (non-hydrogen) atoms. The predicted molar refractivity (Wildman–Crippen MR) is 72.8 cm³/mol. The van der Waals surface area contributed by atoms with Crippen molar-refractivity contribution in [3.63, 3.8) is 0 Å². The maximum atomic E-state index is 6.11. The summed E-state index contributed by atoms with van der Waals surface area (Å²) in [7, 11) is 0. The number of halogens is 1. The summed E-state index contributed by atoms with van der Waals surface area (Å²) in [5.41, 5.74) is 2.73. The molecule has 1 N–H and O–H groups in total. The fourth-order valence-corrected chi connectivity index (χ4v) is 2.70. The van der Waals surface area contributed by atoms with Crippen molar-refractivity contribution in [1.29, 1.82) is 0 Å². The zero-order valence-electron chi connectivity index (χ0n) is 10.1. The zero-order valence-corrected chi connectivity index (χ0v) is 10.8. The van der Waals surface area contributed by atoms with E-state index in [0.29, 0.717) is 0 Å². The van der Waals surface area contributed by atoms with Crippen LogP contribution in [0.15, 0.2) is 18.2 Å². The Labute approximate surface area is 108 Å². The molecule has 0 atom stereocenters. The molecule has 1 saturated heterocycles. The standard InChI is InChI=1S/C14H19ClN2/c15-12-3-6-14(17-7-1-2-8-17)11(9-12)10-16-13-4-5-13/h3,6,9,13,16H,1-2,4-5,7-8,10H2. The minimum atomic E-state index is 0.750. The van der Waals surface area contributed by atoms with E-state index >= 15 is 0 Å². The molecule has 2 aliphatic rings. The van der Waals surface area contributed by atoms with E-state index in [4.69, 9.17) is 11.6 Å². The first-order valence-corrected chi connectivity index (χ1v) is 6.97. The molecule has 2 nitrogen and oxygen atoms in total. The molecule has 92 valence electrons. The second-order valence-electron chi connectivity index (χ2n) is 5.12. The van der Waals surface area contributed by atoms with Crippen LogP contribution in [0.4, 0.5) is 5.69 Å². The molecular formula is C14H19ClN2. The molecule has 1 aliphatic carbocycles. The molecular weight excluding hydrogens is 232 g/mol. The predicted octanol–water partition coefficient (Wildman–Crippen LogP) is 3.19. The van der Waals surface area contributed by atoms with E-state index in [1.54, 1.807) is 0 Å². The Kier molecular flexibility index (Phi) is 3.26. The van der Waals surface area contributed by atoms with Crippen molar-refractivity contribution in [2.24, 2.45) is 0 Å². The van der Waals surface area contributed by atoms with Crippen molar-refractivity contribution < 1.29 is 0 Å². The van der Waals surface area contributed by atoms with Crippen molar-refractivity contribution in [2.75, 3.05) is 18.0 Å². The Balaban J connectivity index is 1.78. The van der Waals surface area contributed by atoms with Crippen molar-refractivity contribution in [2.45, 2.75) is 38.3 Å². The van der Waals surface area contributed by atoms with Gasteiger partial charge >= 0.3 is 0 Å². The monoisotopic (exact) mass is 250 g/mol. The SMILES string of the molecule is Clc1ccc(N2CCCC2)c(CNC2CC2)c1. The molecule has 1 saturated carbocycles. The van der Waals surface area contributed by atoms with E-state index in [1.807, 2.05) is 6.07 Å². The van der Waals surface area contributed by atoms with Crippen molar-refractivity contribution in [3.8, 4) is 0 Å². The number of rotatable bonds is 4. The number of nitrogens with zero attached hydrogens (tertiary/aromatic N) is 1. The van der Waals surface area contributed by atoms with Gasteiger partial charge in [-0.3, -0.25) is 0 Å². The average molecular weight is 251 g/mol. The molecule has 0 spiro atoms. The highest BCUT2D eigenvalue weighted by Crippen LogP contribution is 2.28. The number of hydrogen-bond acceptors (Lipinski definition) is 2. The quantitative estimate of drug-likeness (QED) is 0.883. The van der Waals surface area contributed by atoms with Crippen LogP contribution in [-0.2, 0) is 6.54 Å². The van der Waals surface area contributed by atoms with Gasteiger partial charge in [0.2, 0.25) is 0 Å². The Morgan fingerprint density at radius 3 is 2.71 bits per heavy atom. The van der Waals surface area contributed by atoms with Gasteiger partial charge in [-0.25, -0.2) is 0 Å². The van der Waals surface area contributed by atoms with E-state index in [-0.39, 0.29) is 0 Å². The van der Waals surface area contributed by atoms with Crippen molar-refractivity contribution in [1.82, 2.24) is 5.32 Å². The molecule has 0 unspecified atom stereocenters. The molecule has 1 aromatic rings. The van der Waals surface area contributed by atoms with Gasteiger partial charge in [0.15, 0.2) is 0 Å². The van der Waals surface area contributed by atoms with Crippen LogP contribution in [0.1, 0.15) is 31.2 Å². The molecule has 0 bridgehead atoms. The van der Waals surface area contributed by atoms with Crippen LogP contribution in [0.3, 0.4) is 0 Å². The summed E-state index contributed by atoms with van der Waals surface area (Å²) in [6.45, 7) is 3.34. The van der Waals surface area contributed by atoms with E-state index in [0.717, 1.165) is 17.6 Å². The van der Waals surface area contributed by atoms with Crippen molar-refractivity contribution >= 4 is 17.3 Å². The molecule has 0 amide bonds. The molecule has 1 heterocycles. The van der Waals surface area contributed by atoms with Gasteiger partial charge in [-0.05, 0) is 49.4 Å². The summed E-state index contributed by atoms with van der Waals surface area (Å²) in [4.78, 5) is 2.49.